The van der Waals surface area contributed by atoms with Crippen LogP contribution in [0.5, 0.6) is 5.75 Å². The summed E-state index contributed by atoms with van der Waals surface area (Å²) in [6.45, 7) is 1.37. The van der Waals surface area contributed by atoms with Gasteiger partial charge in [-0.05, 0) is 17.7 Å². The third-order valence-electron chi connectivity index (χ3n) is 2.34. The quantitative estimate of drug-likeness (QED) is 0.487. The molecule has 0 heterocycles. The van der Waals surface area contributed by atoms with Crippen molar-refractivity contribution in [2.45, 2.75) is 6.92 Å². The Hall–Kier alpha value is -2.29. The van der Waals surface area contributed by atoms with Gasteiger partial charge in [-0.3, -0.25) is 4.79 Å². The standard InChI is InChI=1S/C14H13NO2/c1-10(16)17-14-9-12(15)7-8-13(14)11-5-3-2-4-6-11/h2-9H,15H2,1H3. The highest BCUT2D eigenvalue weighted by atomic mass is 16.5. The maximum atomic E-state index is 11.0. The van der Waals surface area contributed by atoms with Gasteiger partial charge in [-0.2, -0.15) is 0 Å². The Bertz CT molecular complexity index is 535. The molecule has 0 aliphatic carbocycles. The molecule has 2 N–H and O–H groups in total. The summed E-state index contributed by atoms with van der Waals surface area (Å²) >= 11 is 0. The third-order valence-corrected chi connectivity index (χ3v) is 2.34. The molecule has 2 aromatic carbocycles. The Morgan fingerprint density at radius 1 is 1.12 bits per heavy atom. The lowest BCUT2D eigenvalue weighted by atomic mass is 10.0. The van der Waals surface area contributed by atoms with Crippen LogP contribution in [-0.2, 0) is 4.79 Å². The summed E-state index contributed by atoms with van der Waals surface area (Å²) in [4.78, 5) is 11.0. The number of hydrogen-bond donors (Lipinski definition) is 1. The van der Waals surface area contributed by atoms with E-state index in [0.29, 0.717) is 11.4 Å². The number of nitrogen functional groups attached to an aromatic ring is 1. The fourth-order valence-electron chi connectivity index (χ4n) is 1.63. The highest BCUT2D eigenvalue weighted by Gasteiger charge is 2.08. The molecule has 0 radical (unpaired) electrons. The zero-order valence-electron chi connectivity index (χ0n) is 9.51. The van der Waals surface area contributed by atoms with Crippen LogP contribution in [0.1, 0.15) is 6.92 Å². The van der Waals surface area contributed by atoms with Crippen molar-refractivity contribution in [3.05, 3.63) is 48.5 Å². The van der Waals surface area contributed by atoms with Crippen LogP contribution in [0.15, 0.2) is 48.5 Å². The number of benzene rings is 2. The molecule has 0 saturated heterocycles. The summed E-state index contributed by atoms with van der Waals surface area (Å²) in [5, 5.41) is 0. The van der Waals surface area contributed by atoms with E-state index >= 15 is 0 Å². The summed E-state index contributed by atoms with van der Waals surface area (Å²) < 4.78 is 5.16. The monoisotopic (exact) mass is 227 g/mol. The van der Waals surface area contributed by atoms with Crippen LogP contribution in [0, 0.1) is 0 Å². The molecule has 0 aromatic heterocycles. The minimum Gasteiger partial charge on any atom is -0.426 e. The number of nitrogens with two attached hydrogens (primary N) is 1. The van der Waals surface area contributed by atoms with Crippen LogP contribution in [0.4, 0.5) is 5.69 Å². The van der Waals surface area contributed by atoms with Crippen LogP contribution in [-0.4, -0.2) is 5.97 Å². The van der Waals surface area contributed by atoms with Gasteiger partial charge in [0.25, 0.3) is 0 Å². The van der Waals surface area contributed by atoms with Gasteiger partial charge in [0, 0.05) is 24.2 Å². The molecule has 17 heavy (non-hydrogen) atoms. The SMILES string of the molecule is CC(=O)Oc1cc(N)ccc1-c1ccccc1. The first kappa shape index (κ1) is 11.2. The van der Waals surface area contributed by atoms with Gasteiger partial charge in [-0.1, -0.05) is 30.3 Å². The number of esters is 1. The largest absolute Gasteiger partial charge is 0.426 e. The average molecular weight is 227 g/mol. The first-order valence-corrected chi connectivity index (χ1v) is 5.30. The van der Waals surface area contributed by atoms with Crippen LogP contribution in [0.2, 0.25) is 0 Å². The van der Waals surface area contributed by atoms with E-state index in [-0.39, 0.29) is 5.97 Å². The second-order valence-corrected chi connectivity index (χ2v) is 3.72. The molecular formula is C14H13NO2. The Morgan fingerprint density at radius 3 is 2.47 bits per heavy atom. The van der Waals surface area contributed by atoms with Crippen molar-refractivity contribution in [1.82, 2.24) is 0 Å². The molecule has 3 heteroatoms. The minimum absolute atomic E-state index is 0.354. The predicted octanol–water partition coefficient (Wildman–Crippen LogP) is 2.86. The van der Waals surface area contributed by atoms with Gasteiger partial charge in [-0.25, -0.2) is 0 Å². The third kappa shape index (κ3) is 2.64. The molecule has 0 bridgehead atoms. The Morgan fingerprint density at radius 2 is 1.82 bits per heavy atom. The molecule has 2 rings (SSSR count). The molecule has 0 atom stereocenters. The number of hydrogen-bond acceptors (Lipinski definition) is 3. The van der Waals surface area contributed by atoms with E-state index in [9.17, 15) is 4.79 Å². The van der Waals surface area contributed by atoms with Crippen molar-refractivity contribution in [3.63, 3.8) is 0 Å². The highest BCUT2D eigenvalue weighted by molar-refractivity contribution is 5.78. The van der Waals surface area contributed by atoms with Gasteiger partial charge in [0.1, 0.15) is 5.75 Å². The zero-order chi connectivity index (χ0) is 12.3. The van der Waals surface area contributed by atoms with Gasteiger partial charge in [0.2, 0.25) is 0 Å². The second-order valence-electron chi connectivity index (χ2n) is 3.72. The van der Waals surface area contributed by atoms with E-state index in [4.69, 9.17) is 10.5 Å². The predicted molar refractivity (Wildman–Crippen MR) is 67.6 cm³/mol. The minimum atomic E-state index is -0.354. The molecule has 0 spiro atoms. The smallest absolute Gasteiger partial charge is 0.308 e. The van der Waals surface area contributed by atoms with Crippen LogP contribution < -0.4 is 10.5 Å². The summed E-state index contributed by atoms with van der Waals surface area (Å²) in [6, 6.07) is 15.0. The Balaban J connectivity index is 2.50. The summed E-state index contributed by atoms with van der Waals surface area (Å²) in [5.41, 5.74) is 8.11. The van der Waals surface area contributed by atoms with E-state index in [1.165, 1.54) is 6.92 Å². The molecule has 0 aliphatic heterocycles. The lowest BCUT2D eigenvalue weighted by Crippen LogP contribution is -2.03. The van der Waals surface area contributed by atoms with Gasteiger partial charge in [-0.15, -0.1) is 0 Å². The van der Waals surface area contributed by atoms with Crippen molar-refractivity contribution in [2.24, 2.45) is 0 Å². The summed E-state index contributed by atoms with van der Waals surface area (Å²) in [6.07, 6.45) is 0. The first-order valence-electron chi connectivity index (χ1n) is 5.30. The summed E-state index contributed by atoms with van der Waals surface area (Å²) in [7, 11) is 0. The molecule has 0 fully saturated rings. The van der Waals surface area contributed by atoms with Crippen molar-refractivity contribution in [1.29, 1.82) is 0 Å². The number of carbonyl (C=O) groups is 1. The van der Waals surface area contributed by atoms with Crippen molar-refractivity contribution in [2.75, 3.05) is 5.73 Å². The van der Waals surface area contributed by atoms with E-state index in [1.54, 1.807) is 12.1 Å². The topological polar surface area (TPSA) is 52.3 Å². The molecule has 0 aliphatic rings. The van der Waals surface area contributed by atoms with E-state index in [1.807, 2.05) is 36.4 Å². The van der Waals surface area contributed by atoms with Crippen LogP contribution in [0.25, 0.3) is 11.1 Å². The fourth-order valence-corrected chi connectivity index (χ4v) is 1.63. The van der Waals surface area contributed by atoms with Crippen LogP contribution in [0.3, 0.4) is 0 Å². The van der Waals surface area contributed by atoms with Crippen molar-refractivity contribution < 1.29 is 9.53 Å². The Labute approximate surface area is 99.8 Å². The van der Waals surface area contributed by atoms with Crippen molar-refractivity contribution in [3.8, 4) is 16.9 Å². The van der Waals surface area contributed by atoms with Crippen LogP contribution >= 0.6 is 0 Å². The maximum Gasteiger partial charge on any atom is 0.308 e. The molecule has 86 valence electrons. The van der Waals surface area contributed by atoms with Gasteiger partial charge >= 0.3 is 5.97 Å². The van der Waals surface area contributed by atoms with Crippen molar-refractivity contribution >= 4 is 11.7 Å². The number of anilines is 1. The fraction of sp³-hybridized carbons (Fsp3) is 0.0714. The molecular weight excluding hydrogens is 214 g/mol. The van der Waals surface area contributed by atoms with E-state index in [0.717, 1.165) is 11.1 Å². The number of carbonyl (C=O) groups excluding carboxylic acids is 1. The van der Waals surface area contributed by atoms with Gasteiger partial charge in [0.15, 0.2) is 0 Å². The summed E-state index contributed by atoms with van der Waals surface area (Å²) in [5.74, 6) is 0.136. The van der Waals surface area contributed by atoms with E-state index in [2.05, 4.69) is 0 Å². The lowest BCUT2D eigenvalue weighted by Gasteiger charge is -2.09. The number of rotatable bonds is 2. The molecule has 0 amide bonds. The molecule has 2 aromatic rings. The van der Waals surface area contributed by atoms with E-state index < -0.39 is 0 Å². The first-order chi connectivity index (χ1) is 8.16. The second kappa shape index (κ2) is 4.70. The molecule has 0 unspecified atom stereocenters. The Kier molecular flexibility index (Phi) is 3.10. The zero-order valence-corrected chi connectivity index (χ0v) is 9.51. The van der Waals surface area contributed by atoms with Gasteiger partial charge in [0.05, 0.1) is 0 Å². The average Bonchev–Trinajstić information content (AvgIpc) is 2.29. The number of ether oxygens (including phenoxy) is 1. The molecule has 0 saturated carbocycles. The van der Waals surface area contributed by atoms with Gasteiger partial charge < -0.3 is 10.5 Å². The maximum absolute atomic E-state index is 11.0. The lowest BCUT2D eigenvalue weighted by molar-refractivity contribution is -0.131. The highest BCUT2D eigenvalue weighted by Crippen LogP contribution is 2.31. The molecule has 3 nitrogen and oxygen atoms in total. The normalized spacial score (nSPS) is 9.94.